The Balaban J connectivity index is 2.07. The second kappa shape index (κ2) is 3.63. The lowest BCUT2D eigenvalue weighted by Gasteiger charge is -2.01. The minimum absolute atomic E-state index is 0.585. The number of pyridine rings is 1. The summed E-state index contributed by atoms with van der Waals surface area (Å²) in [5.74, 6) is 1.40. The fourth-order valence-electron chi connectivity index (χ4n) is 1.88. The maximum Gasteiger partial charge on any atom is 0.190 e. The largest absolute Gasteiger partial charge is 0.383 e. The molecule has 82 valence electrons. The van der Waals surface area contributed by atoms with E-state index in [9.17, 15) is 0 Å². The van der Waals surface area contributed by atoms with Crippen molar-refractivity contribution < 1.29 is 4.52 Å². The highest BCUT2D eigenvalue weighted by Crippen LogP contribution is 2.45. The van der Waals surface area contributed by atoms with Gasteiger partial charge in [-0.2, -0.15) is 0 Å². The number of hydrogen-bond donors (Lipinski definition) is 1. The van der Waals surface area contributed by atoms with E-state index < -0.39 is 0 Å². The molecule has 4 nitrogen and oxygen atoms in total. The Bertz CT molecular complexity index is 488. The van der Waals surface area contributed by atoms with Crippen LogP contribution in [0.15, 0.2) is 29.0 Å². The summed E-state index contributed by atoms with van der Waals surface area (Å²) in [7, 11) is 1.91. The van der Waals surface area contributed by atoms with E-state index >= 15 is 0 Å². The van der Waals surface area contributed by atoms with Gasteiger partial charge < -0.3 is 9.84 Å². The van der Waals surface area contributed by atoms with Crippen molar-refractivity contribution in [1.29, 1.82) is 0 Å². The molecule has 1 aliphatic rings. The first-order valence-electron chi connectivity index (χ1n) is 5.48. The average Bonchev–Trinajstić information content (AvgIpc) is 3.09. The Hall–Kier alpha value is -1.84. The number of rotatable bonds is 3. The first kappa shape index (κ1) is 9.39. The van der Waals surface area contributed by atoms with E-state index in [1.54, 1.807) is 12.4 Å². The van der Waals surface area contributed by atoms with Crippen LogP contribution in [0.3, 0.4) is 0 Å². The summed E-state index contributed by atoms with van der Waals surface area (Å²) < 4.78 is 5.43. The highest BCUT2D eigenvalue weighted by molar-refractivity contribution is 5.74. The van der Waals surface area contributed by atoms with Crippen LogP contribution in [0.1, 0.15) is 24.5 Å². The highest BCUT2D eigenvalue weighted by Gasteiger charge is 2.31. The van der Waals surface area contributed by atoms with Gasteiger partial charge in [-0.1, -0.05) is 5.16 Å². The minimum Gasteiger partial charge on any atom is -0.383 e. The van der Waals surface area contributed by atoms with Crippen molar-refractivity contribution in [2.45, 2.75) is 18.8 Å². The molecule has 16 heavy (non-hydrogen) atoms. The van der Waals surface area contributed by atoms with Gasteiger partial charge >= 0.3 is 0 Å². The summed E-state index contributed by atoms with van der Waals surface area (Å²) in [4.78, 5) is 4.00. The van der Waals surface area contributed by atoms with Gasteiger partial charge in [0.25, 0.3) is 0 Å². The predicted octanol–water partition coefficient (Wildman–Crippen LogP) is 2.66. The molecule has 1 fully saturated rings. The number of nitrogens with one attached hydrogen (secondary N) is 1. The fourth-order valence-corrected chi connectivity index (χ4v) is 1.88. The molecule has 0 bridgehead atoms. The van der Waals surface area contributed by atoms with E-state index in [-0.39, 0.29) is 0 Å². The number of nitrogens with zero attached hydrogens (tertiary/aromatic N) is 2. The Morgan fingerprint density at radius 1 is 1.31 bits per heavy atom. The van der Waals surface area contributed by atoms with E-state index in [2.05, 4.69) is 15.5 Å². The minimum atomic E-state index is 0.585. The van der Waals surface area contributed by atoms with Gasteiger partial charge in [-0.3, -0.25) is 4.98 Å². The first-order valence-corrected chi connectivity index (χ1v) is 5.48. The Labute approximate surface area is 93.7 Å². The topological polar surface area (TPSA) is 51.0 Å². The van der Waals surface area contributed by atoms with Crippen molar-refractivity contribution >= 4 is 5.69 Å². The van der Waals surface area contributed by atoms with Gasteiger partial charge in [0.15, 0.2) is 5.76 Å². The fraction of sp³-hybridized carbons (Fsp3) is 0.333. The van der Waals surface area contributed by atoms with Crippen LogP contribution in [0.5, 0.6) is 0 Å². The van der Waals surface area contributed by atoms with Gasteiger partial charge in [0.2, 0.25) is 0 Å². The summed E-state index contributed by atoms with van der Waals surface area (Å²) in [6.45, 7) is 0. The Morgan fingerprint density at radius 3 is 2.69 bits per heavy atom. The van der Waals surface area contributed by atoms with Gasteiger partial charge in [0.05, 0.1) is 0 Å². The third kappa shape index (κ3) is 1.46. The van der Waals surface area contributed by atoms with Crippen molar-refractivity contribution in [2.24, 2.45) is 0 Å². The van der Waals surface area contributed by atoms with Gasteiger partial charge in [-0.15, -0.1) is 0 Å². The average molecular weight is 215 g/mol. The molecule has 0 saturated heterocycles. The van der Waals surface area contributed by atoms with Crippen LogP contribution in [-0.2, 0) is 0 Å². The number of aromatic nitrogens is 2. The molecule has 2 aromatic heterocycles. The molecule has 0 atom stereocenters. The van der Waals surface area contributed by atoms with Gasteiger partial charge in [-0.25, -0.2) is 0 Å². The lowest BCUT2D eigenvalue weighted by molar-refractivity contribution is 0.424. The Morgan fingerprint density at radius 2 is 2.06 bits per heavy atom. The molecule has 0 unspecified atom stereocenters. The van der Waals surface area contributed by atoms with Crippen LogP contribution < -0.4 is 5.32 Å². The van der Waals surface area contributed by atoms with Crippen LogP contribution in [-0.4, -0.2) is 17.2 Å². The summed E-state index contributed by atoms with van der Waals surface area (Å²) in [6, 6.07) is 3.86. The van der Waals surface area contributed by atoms with E-state index in [4.69, 9.17) is 4.52 Å². The van der Waals surface area contributed by atoms with Crippen LogP contribution in [0, 0.1) is 0 Å². The highest BCUT2D eigenvalue weighted by atomic mass is 16.5. The van der Waals surface area contributed by atoms with Gasteiger partial charge in [-0.05, 0) is 25.0 Å². The van der Waals surface area contributed by atoms with Crippen LogP contribution in [0.2, 0.25) is 0 Å². The molecule has 3 rings (SSSR count). The molecule has 2 heterocycles. The Kier molecular flexibility index (Phi) is 2.13. The quantitative estimate of drug-likeness (QED) is 0.855. The second-order valence-corrected chi connectivity index (χ2v) is 4.03. The third-order valence-electron chi connectivity index (χ3n) is 2.88. The molecule has 2 aromatic rings. The lowest BCUT2D eigenvalue weighted by Crippen LogP contribution is -1.93. The van der Waals surface area contributed by atoms with Crippen molar-refractivity contribution in [1.82, 2.24) is 10.1 Å². The lowest BCUT2D eigenvalue weighted by atomic mass is 10.1. The van der Waals surface area contributed by atoms with Crippen molar-refractivity contribution in [2.75, 3.05) is 12.4 Å². The number of hydrogen-bond acceptors (Lipinski definition) is 4. The van der Waals surface area contributed by atoms with Crippen molar-refractivity contribution in [3.05, 3.63) is 30.2 Å². The van der Waals surface area contributed by atoms with Crippen LogP contribution in [0.4, 0.5) is 5.69 Å². The molecule has 4 heteroatoms. The molecule has 0 aliphatic heterocycles. The summed E-state index contributed by atoms with van der Waals surface area (Å²) in [6.07, 6.45) is 5.95. The SMILES string of the molecule is CNc1c(C2CC2)noc1-c1ccncc1. The molecule has 1 aliphatic carbocycles. The maximum atomic E-state index is 5.43. The molecule has 0 spiro atoms. The smallest absolute Gasteiger partial charge is 0.190 e. The van der Waals surface area contributed by atoms with E-state index in [0.717, 1.165) is 22.7 Å². The molecule has 0 amide bonds. The van der Waals surface area contributed by atoms with Crippen LogP contribution in [0.25, 0.3) is 11.3 Å². The molecular weight excluding hydrogens is 202 g/mol. The van der Waals surface area contributed by atoms with Gasteiger partial charge in [0.1, 0.15) is 11.4 Å². The zero-order chi connectivity index (χ0) is 11.0. The molecule has 1 N–H and O–H groups in total. The van der Waals surface area contributed by atoms with E-state index in [1.807, 2.05) is 19.2 Å². The first-order chi connectivity index (χ1) is 7.90. The zero-order valence-electron chi connectivity index (χ0n) is 9.10. The molecule has 0 radical (unpaired) electrons. The zero-order valence-corrected chi connectivity index (χ0v) is 9.10. The summed E-state index contributed by atoms with van der Waals surface area (Å²) in [5.41, 5.74) is 3.10. The van der Waals surface area contributed by atoms with Crippen molar-refractivity contribution in [3.8, 4) is 11.3 Å². The van der Waals surface area contributed by atoms with E-state index in [0.29, 0.717) is 5.92 Å². The molecule has 1 saturated carbocycles. The summed E-state index contributed by atoms with van der Waals surface area (Å²) in [5, 5.41) is 7.35. The van der Waals surface area contributed by atoms with Crippen molar-refractivity contribution in [3.63, 3.8) is 0 Å². The summed E-state index contributed by atoms with van der Waals surface area (Å²) >= 11 is 0. The standard InChI is InChI=1S/C12H13N3O/c1-13-11-10(8-2-3-8)15-16-12(11)9-4-6-14-7-5-9/h4-8,13H,2-3H2,1H3. The molecule has 0 aromatic carbocycles. The third-order valence-corrected chi connectivity index (χ3v) is 2.88. The maximum absolute atomic E-state index is 5.43. The second-order valence-electron chi connectivity index (χ2n) is 4.03. The monoisotopic (exact) mass is 215 g/mol. The molecular formula is C12H13N3O. The van der Waals surface area contributed by atoms with E-state index in [1.165, 1.54) is 12.8 Å². The normalized spacial score (nSPS) is 15.1. The number of anilines is 1. The van der Waals surface area contributed by atoms with Crippen LogP contribution >= 0.6 is 0 Å². The van der Waals surface area contributed by atoms with Gasteiger partial charge in [0, 0.05) is 30.9 Å². The predicted molar refractivity (Wildman–Crippen MR) is 61.3 cm³/mol.